The highest BCUT2D eigenvalue weighted by Gasteiger charge is 2.31. The van der Waals surface area contributed by atoms with Crippen LogP contribution in [0.1, 0.15) is 30.5 Å². The van der Waals surface area contributed by atoms with E-state index in [1.54, 1.807) is 24.4 Å². The number of carbonyl (C=O) groups is 2. The smallest absolute Gasteiger partial charge is 0.325 e. The number of halogens is 2. The minimum absolute atomic E-state index is 0.177. The lowest BCUT2D eigenvalue weighted by Gasteiger charge is -2.32. The maximum absolute atomic E-state index is 12.9. The number of nitrogens with zero attached hydrogens (tertiary/aromatic N) is 1. The summed E-state index contributed by atoms with van der Waals surface area (Å²) in [6.07, 6.45) is 3.16. The first-order valence-electron chi connectivity index (χ1n) is 8.69. The summed E-state index contributed by atoms with van der Waals surface area (Å²) in [6, 6.07) is 11.6. The van der Waals surface area contributed by atoms with Crippen LogP contribution in [0.25, 0.3) is 6.08 Å². The molecule has 9 heteroatoms. The topological polar surface area (TPSA) is 83.6 Å². The van der Waals surface area contributed by atoms with Gasteiger partial charge in [-0.05, 0) is 29.3 Å². The number of amides is 2. The number of hydrogen-bond acceptors (Lipinski definition) is 4. The van der Waals surface area contributed by atoms with E-state index >= 15 is 0 Å². The molecule has 2 aromatic carbocycles. The summed E-state index contributed by atoms with van der Waals surface area (Å²) < 4.78 is 49.6. The number of benzene rings is 2. The number of nitrogens with one attached hydrogen (secondary N) is 1. The molecule has 1 aliphatic heterocycles. The first kappa shape index (κ1) is 20.7. The van der Waals surface area contributed by atoms with Crippen molar-refractivity contribution >= 4 is 33.4 Å². The third kappa shape index (κ3) is 4.19. The fourth-order valence-corrected chi connectivity index (χ4v) is 4.09. The first-order valence-corrected chi connectivity index (χ1v) is 10.2. The van der Waals surface area contributed by atoms with Crippen LogP contribution < -0.4 is 5.32 Å². The fourth-order valence-electron chi connectivity index (χ4n) is 3.20. The van der Waals surface area contributed by atoms with Crippen LogP contribution in [0, 0.1) is 0 Å². The maximum Gasteiger partial charge on any atom is 0.341 e. The number of anilines is 1. The molecule has 3 rings (SSSR count). The number of alkyl halides is 2. The van der Waals surface area contributed by atoms with Crippen molar-refractivity contribution in [3.8, 4) is 0 Å². The number of sulfone groups is 1. The Bertz CT molecular complexity index is 1080. The highest BCUT2D eigenvalue weighted by Crippen LogP contribution is 2.33. The Balaban J connectivity index is 1.88. The SMILES string of the molecule is CC(=O)N1C=Cc2ccccc2C1CC(=O)Nc1ccccc1S(=O)(=O)C(F)F. The van der Waals surface area contributed by atoms with Gasteiger partial charge in [0.05, 0.1) is 23.0 Å². The molecule has 6 nitrogen and oxygen atoms in total. The maximum atomic E-state index is 12.9. The summed E-state index contributed by atoms with van der Waals surface area (Å²) in [4.78, 5) is 25.4. The van der Waals surface area contributed by atoms with Crippen LogP contribution in [0.5, 0.6) is 0 Å². The summed E-state index contributed by atoms with van der Waals surface area (Å²) in [5.41, 5.74) is 1.38. The Morgan fingerprint density at radius 1 is 1.10 bits per heavy atom. The van der Waals surface area contributed by atoms with Crippen LogP contribution in [0.4, 0.5) is 14.5 Å². The summed E-state index contributed by atoms with van der Waals surface area (Å²) >= 11 is 0. The Morgan fingerprint density at radius 3 is 2.45 bits per heavy atom. The molecule has 0 fully saturated rings. The zero-order chi connectivity index (χ0) is 21.2. The van der Waals surface area contributed by atoms with Crippen LogP contribution >= 0.6 is 0 Å². The standard InChI is InChI=1S/C20H18F2N2O4S/c1-13(25)24-11-10-14-6-2-3-7-15(14)17(24)12-19(26)23-16-8-4-5-9-18(16)29(27,28)20(21)22/h2-11,17,20H,12H2,1H3,(H,23,26). The summed E-state index contributed by atoms with van der Waals surface area (Å²) in [6.45, 7) is 1.37. The first-order chi connectivity index (χ1) is 13.7. The summed E-state index contributed by atoms with van der Waals surface area (Å²) in [5.74, 6) is -4.48. The van der Waals surface area contributed by atoms with Crippen molar-refractivity contribution in [2.24, 2.45) is 0 Å². The molecular weight excluding hydrogens is 402 g/mol. The summed E-state index contributed by atoms with van der Waals surface area (Å²) in [5, 5.41) is 2.40. The molecule has 1 heterocycles. The molecule has 0 radical (unpaired) electrons. The molecule has 0 saturated heterocycles. The Kier molecular flexibility index (Phi) is 5.78. The van der Waals surface area contributed by atoms with Gasteiger partial charge in [-0.3, -0.25) is 9.59 Å². The van der Waals surface area contributed by atoms with Gasteiger partial charge < -0.3 is 10.2 Å². The number of carbonyl (C=O) groups excluding carboxylic acids is 2. The highest BCUT2D eigenvalue weighted by atomic mass is 32.2. The van der Waals surface area contributed by atoms with Crippen LogP contribution in [-0.4, -0.2) is 30.9 Å². The Morgan fingerprint density at radius 2 is 1.76 bits per heavy atom. The van der Waals surface area contributed by atoms with Crippen LogP contribution in [-0.2, 0) is 19.4 Å². The van der Waals surface area contributed by atoms with Crippen molar-refractivity contribution in [3.63, 3.8) is 0 Å². The highest BCUT2D eigenvalue weighted by molar-refractivity contribution is 7.91. The van der Waals surface area contributed by atoms with Crippen molar-refractivity contribution in [1.82, 2.24) is 4.90 Å². The van der Waals surface area contributed by atoms with E-state index in [2.05, 4.69) is 5.32 Å². The lowest BCUT2D eigenvalue weighted by atomic mass is 9.93. The molecule has 2 amide bonds. The molecule has 1 atom stereocenters. The molecule has 0 bridgehead atoms. The van der Waals surface area contributed by atoms with E-state index in [0.717, 1.165) is 17.2 Å². The second-order valence-electron chi connectivity index (χ2n) is 6.44. The third-order valence-electron chi connectivity index (χ3n) is 4.55. The Labute approximate surface area is 166 Å². The fraction of sp³-hybridized carbons (Fsp3) is 0.200. The normalized spacial score (nSPS) is 15.9. The molecular formula is C20H18F2N2O4S. The molecule has 152 valence electrons. The largest absolute Gasteiger partial charge is 0.341 e. The molecule has 0 spiro atoms. The monoisotopic (exact) mass is 420 g/mol. The van der Waals surface area contributed by atoms with Gasteiger partial charge in [-0.25, -0.2) is 8.42 Å². The van der Waals surface area contributed by atoms with Crippen molar-refractivity contribution in [3.05, 3.63) is 65.9 Å². The molecule has 0 aromatic heterocycles. The molecule has 1 aliphatic rings. The molecule has 2 aromatic rings. The van der Waals surface area contributed by atoms with Crippen LogP contribution in [0.2, 0.25) is 0 Å². The number of rotatable bonds is 5. The van der Waals surface area contributed by atoms with Crippen LogP contribution in [0.15, 0.2) is 59.6 Å². The van der Waals surface area contributed by atoms with Gasteiger partial charge in [-0.2, -0.15) is 8.78 Å². The van der Waals surface area contributed by atoms with E-state index in [4.69, 9.17) is 0 Å². The van der Waals surface area contributed by atoms with E-state index in [1.807, 2.05) is 12.1 Å². The molecule has 0 aliphatic carbocycles. The van der Waals surface area contributed by atoms with E-state index in [1.165, 1.54) is 30.0 Å². The van der Waals surface area contributed by atoms with Crippen molar-refractivity contribution in [2.75, 3.05) is 5.32 Å². The molecule has 0 saturated carbocycles. The zero-order valence-electron chi connectivity index (χ0n) is 15.4. The van der Waals surface area contributed by atoms with Crippen molar-refractivity contribution < 1.29 is 26.8 Å². The Hall–Kier alpha value is -3.07. The van der Waals surface area contributed by atoms with Gasteiger partial charge in [-0.15, -0.1) is 0 Å². The van der Waals surface area contributed by atoms with E-state index in [9.17, 15) is 26.8 Å². The van der Waals surface area contributed by atoms with Gasteiger partial charge >= 0.3 is 5.76 Å². The van der Waals surface area contributed by atoms with Gasteiger partial charge in [0.2, 0.25) is 21.7 Å². The average molecular weight is 420 g/mol. The van der Waals surface area contributed by atoms with Gasteiger partial charge in [0.15, 0.2) is 0 Å². The molecule has 29 heavy (non-hydrogen) atoms. The lowest BCUT2D eigenvalue weighted by molar-refractivity contribution is -0.129. The lowest BCUT2D eigenvalue weighted by Crippen LogP contribution is -2.33. The summed E-state index contributed by atoms with van der Waals surface area (Å²) in [7, 11) is -4.88. The van der Waals surface area contributed by atoms with E-state index in [0.29, 0.717) is 0 Å². The predicted octanol–water partition coefficient (Wildman–Crippen LogP) is 3.59. The third-order valence-corrected chi connectivity index (χ3v) is 5.99. The van der Waals surface area contributed by atoms with Gasteiger partial charge in [0, 0.05) is 13.1 Å². The van der Waals surface area contributed by atoms with Crippen LogP contribution in [0.3, 0.4) is 0 Å². The number of fused-ring (bicyclic) bond motifs is 1. The van der Waals surface area contributed by atoms with E-state index in [-0.39, 0.29) is 18.0 Å². The molecule has 1 N–H and O–H groups in total. The van der Waals surface area contributed by atoms with Gasteiger partial charge in [0.25, 0.3) is 0 Å². The number of para-hydroxylation sites is 1. The minimum Gasteiger partial charge on any atom is -0.325 e. The second-order valence-corrected chi connectivity index (χ2v) is 8.33. The van der Waals surface area contributed by atoms with Crippen molar-refractivity contribution in [2.45, 2.75) is 30.0 Å². The van der Waals surface area contributed by atoms with Gasteiger partial charge in [0.1, 0.15) is 0 Å². The van der Waals surface area contributed by atoms with E-state index < -0.39 is 32.4 Å². The zero-order valence-corrected chi connectivity index (χ0v) is 16.2. The average Bonchev–Trinajstić information content (AvgIpc) is 2.68. The van der Waals surface area contributed by atoms with Gasteiger partial charge in [-0.1, -0.05) is 36.4 Å². The molecule has 1 unspecified atom stereocenters. The number of hydrogen-bond donors (Lipinski definition) is 1. The minimum atomic E-state index is -4.88. The quantitative estimate of drug-likeness (QED) is 0.801. The second kappa shape index (κ2) is 8.12. The van der Waals surface area contributed by atoms with Crippen molar-refractivity contribution in [1.29, 1.82) is 0 Å². The predicted molar refractivity (Wildman–Crippen MR) is 104 cm³/mol.